The third kappa shape index (κ3) is 2.56. The lowest BCUT2D eigenvalue weighted by Crippen LogP contribution is -2.03. The first-order chi connectivity index (χ1) is 6.15. The Morgan fingerprint density at radius 1 is 1.54 bits per heavy atom. The SMILES string of the molecule is Cc1cccc(CC(=O)O)c1CBr. The van der Waals surface area contributed by atoms with Gasteiger partial charge in [0.2, 0.25) is 0 Å². The number of halogens is 1. The largest absolute Gasteiger partial charge is 0.481 e. The minimum absolute atomic E-state index is 0.0998. The predicted molar refractivity (Wildman–Crippen MR) is 55.1 cm³/mol. The number of hydrogen-bond acceptors (Lipinski definition) is 1. The Bertz CT molecular complexity index is 321. The molecule has 0 aliphatic heterocycles. The van der Waals surface area contributed by atoms with Crippen molar-refractivity contribution < 1.29 is 9.90 Å². The number of hydrogen-bond donors (Lipinski definition) is 1. The third-order valence-corrected chi connectivity index (χ3v) is 2.54. The van der Waals surface area contributed by atoms with Gasteiger partial charge in [-0.15, -0.1) is 0 Å². The van der Waals surface area contributed by atoms with Gasteiger partial charge in [-0.2, -0.15) is 0 Å². The maximum atomic E-state index is 10.5. The molecule has 1 rings (SSSR count). The zero-order valence-electron chi connectivity index (χ0n) is 7.38. The second kappa shape index (κ2) is 4.42. The molecule has 0 aliphatic carbocycles. The monoisotopic (exact) mass is 242 g/mol. The Labute approximate surface area is 85.7 Å². The molecule has 1 N–H and O–H groups in total. The highest BCUT2D eigenvalue weighted by atomic mass is 79.9. The van der Waals surface area contributed by atoms with E-state index in [9.17, 15) is 4.79 Å². The van der Waals surface area contributed by atoms with Gasteiger partial charge >= 0.3 is 5.97 Å². The molecule has 0 heterocycles. The average molecular weight is 243 g/mol. The summed E-state index contributed by atoms with van der Waals surface area (Å²) in [5, 5.41) is 9.37. The van der Waals surface area contributed by atoms with E-state index in [2.05, 4.69) is 15.9 Å². The Balaban J connectivity index is 3.05. The van der Waals surface area contributed by atoms with E-state index in [1.54, 1.807) is 0 Å². The summed E-state index contributed by atoms with van der Waals surface area (Å²) in [5.41, 5.74) is 3.12. The van der Waals surface area contributed by atoms with E-state index in [-0.39, 0.29) is 6.42 Å². The lowest BCUT2D eigenvalue weighted by molar-refractivity contribution is -0.136. The van der Waals surface area contributed by atoms with Crippen molar-refractivity contribution in [3.05, 3.63) is 34.9 Å². The molecule has 3 heteroatoms. The third-order valence-electron chi connectivity index (χ3n) is 1.98. The molecule has 0 aromatic heterocycles. The van der Waals surface area contributed by atoms with Crippen molar-refractivity contribution in [3.8, 4) is 0 Å². The van der Waals surface area contributed by atoms with E-state index in [1.807, 2.05) is 25.1 Å². The van der Waals surface area contributed by atoms with Gasteiger partial charge in [-0.25, -0.2) is 0 Å². The number of alkyl halides is 1. The molecule has 2 nitrogen and oxygen atoms in total. The van der Waals surface area contributed by atoms with Crippen LogP contribution >= 0.6 is 15.9 Å². The van der Waals surface area contributed by atoms with Crippen LogP contribution in [0.5, 0.6) is 0 Å². The van der Waals surface area contributed by atoms with E-state index >= 15 is 0 Å². The molecule has 0 unspecified atom stereocenters. The van der Waals surface area contributed by atoms with Crippen molar-refractivity contribution in [2.75, 3.05) is 0 Å². The van der Waals surface area contributed by atoms with Crippen LogP contribution in [0.15, 0.2) is 18.2 Å². The summed E-state index contributed by atoms with van der Waals surface area (Å²) in [4.78, 5) is 10.5. The van der Waals surface area contributed by atoms with Gasteiger partial charge in [0.1, 0.15) is 0 Å². The Morgan fingerprint density at radius 2 is 2.23 bits per heavy atom. The zero-order valence-corrected chi connectivity index (χ0v) is 8.97. The molecular formula is C10H11BrO2. The van der Waals surface area contributed by atoms with Gasteiger partial charge in [0.25, 0.3) is 0 Å². The molecule has 0 fully saturated rings. The Morgan fingerprint density at radius 3 is 2.77 bits per heavy atom. The molecule has 70 valence electrons. The molecule has 0 aliphatic rings. The molecule has 1 aromatic carbocycles. The molecule has 0 bridgehead atoms. The number of carbonyl (C=O) groups is 1. The fourth-order valence-electron chi connectivity index (χ4n) is 1.28. The fraction of sp³-hybridized carbons (Fsp3) is 0.300. The Kier molecular flexibility index (Phi) is 3.48. The average Bonchev–Trinajstić information content (AvgIpc) is 2.03. The molecule has 0 saturated heterocycles. The fourth-order valence-corrected chi connectivity index (χ4v) is 2.09. The number of benzene rings is 1. The highest BCUT2D eigenvalue weighted by Gasteiger charge is 2.07. The second-order valence-corrected chi connectivity index (χ2v) is 3.48. The van der Waals surface area contributed by atoms with E-state index < -0.39 is 5.97 Å². The zero-order chi connectivity index (χ0) is 9.84. The van der Waals surface area contributed by atoms with Crippen molar-refractivity contribution in [1.29, 1.82) is 0 Å². The van der Waals surface area contributed by atoms with Crippen LogP contribution in [0.3, 0.4) is 0 Å². The molecule has 0 spiro atoms. The van der Waals surface area contributed by atoms with Crippen LogP contribution in [0.2, 0.25) is 0 Å². The number of carboxylic acids is 1. The van der Waals surface area contributed by atoms with E-state index in [0.717, 1.165) is 16.7 Å². The molecular weight excluding hydrogens is 232 g/mol. The van der Waals surface area contributed by atoms with Crippen LogP contribution in [0.25, 0.3) is 0 Å². The quantitative estimate of drug-likeness (QED) is 0.828. The van der Waals surface area contributed by atoms with Gasteiger partial charge in [0, 0.05) is 5.33 Å². The first kappa shape index (κ1) is 10.3. The van der Waals surface area contributed by atoms with E-state index in [1.165, 1.54) is 0 Å². The number of aryl methyl sites for hydroxylation is 1. The van der Waals surface area contributed by atoms with Crippen molar-refractivity contribution in [2.24, 2.45) is 0 Å². The molecule has 0 amide bonds. The minimum atomic E-state index is -0.784. The van der Waals surface area contributed by atoms with Gasteiger partial charge in [-0.05, 0) is 23.6 Å². The summed E-state index contributed by atoms with van der Waals surface area (Å²) in [5.74, 6) is -0.784. The molecule has 13 heavy (non-hydrogen) atoms. The van der Waals surface area contributed by atoms with Crippen LogP contribution in [0.4, 0.5) is 0 Å². The summed E-state index contributed by atoms with van der Waals surface area (Å²) in [6.07, 6.45) is 0.0998. The van der Waals surface area contributed by atoms with Crippen molar-refractivity contribution >= 4 is 21.9 Å². The lowest BCUT2D eigenvalue weighted by atomic mass is 10.0. The van der Waals surface area contributed by atoms with Crippen LogP contribution in [0.1, 0.15) is 16.7 Å². The van der Waals surface area contributed by atoms with Crippen molar-refractivity contribution in [3.63, 3.8) is 0 Å². The van der Waals surface area contributed by atoms with Gasteiger partial charge in [-0.3, -0.25) is 4.79 Å². The molecule has 0 saturated carbocycles. The summed E-state index contributed by atoms with van der Waals surface area (Å²) >= 11 is 3.36. The van der Waals surface area contributed by atoms with Crippen LogP contribution < -0.4 is 0 Å². The summed E-state index contributed by atoms with van der Waals surface area (Å²) in [6.45, 7) is 1.99. The molecule has 1 aromatic rings. The highest BCUT2D eigenvalue weighted by molar-refractivity contribution is 9.08. The maximum absolute atomic E-state index is 10.5. The smallest absolute Gasteiger partial charge is 0.307 e. The number of aliphatic carboxylic acids is 1. The normalized spacial score (nSPS) is 10.0. The maximum Gasteiger partial charge on any atom is 0.307 e. The number of carboxylic acid groups (broad SMARTS) is 1. The van der Waals surface area contributed by atoms with E-state index in [4.69, 9.17) is 5.11 Å². The first-order valence-corrected chi connectivity index (χ1v) is 5.12. The van der Waals surface area contributed by atoms with Crippen molar-refractivity contribution in [2.45, 2.75) is 18.7 Å². The minimum Gasteiger partial charge on any atom is -0.481 e. The topological polar surface area (TPSA) is 37.3 Å². The van der Waals surface area contributed by atoms with Gasteiger partial charge < -0.3 is 5.11 Å². The summed E-state index contributed by atoms with van der Waals surface area (Å²) in [7, 11) is 0. The number of rotatable bonds is 3. The summed E-state index contributed by atoms with van der Waals surface area (Å²) in [6, 6.07) is 5.74. The molecule has 0 atom stereocenters. The lowest BCUT2D eigenvalue weighted by Gasteiger charge is -2.07. The highest BCUT2D eigenvalue weighted by Crippen LogP contribution is 2.17. The Hall–Kier alpha value is -0.830. The van der Waals surface area contributed by atoms with E-state index in [0.29, 0.717) is 5.33 Å². The molecule has 0 radical (unpaired) electrons. The van der Waals surface area contributed by atoms with Crippen LogP contribution in [0, 0.1) is 6.92 Å². The standard InChI is InChI=1S/C10H11BrO2/c1-7-3-2-4-8(5-10(12)13)9(7)6-11/h2-4H,5-6H2,1H3,(H,12,13). The van der Waals surface area contributed by atoms with Crippen LogP contribution in [-0.4, -0.2) is 11.1 Å². The van der Waals surface area contributed by atoms with Gasteiger partial charge in [0.15, 0.2) is 0 Å². The summed E-state index contributed by atoms with van der Waals surface area (Å²) < 4.78 is 0. The van der Waals surface area contributed by atoms with Gasteiger partial charge in [0.05, 0.1) is 6.42 Å². The van der Waals surface area contributed by atoms with Crippen molar-refractivity contribution in [1.82, 2.24) is 0 Å². The van der Waals surface area contributed by atoms with Crippen LogP contribution in [-0.2, 0) is 16.5 Å². The predicted octanol–water partition coefficient (Wildman–Crippen LogP) is 2.52. The first-order valence-electron chi connectivity index (χ1n) is 4.00. The van der Waals surface area contributed by atoms with Gasteiger partial charge in [-0.1, -0.05) is 34.1 Å². The second-order valence-electron chi connectivity index (χ2n) is 2.92.